The average Bonchev–Trinajstić information content (AvgIpc) is 3.04. The Bertz CT molecular complexity index is 1090. The summed E-state index contributed by atoms with van der Waals surface area (Å²) in [4.78, 5) is 16.1. The van der Waals surface area contributed by atoms with E-state index < -0.39 is 10.0 Å². The van der Waals surface area contributed by atoms with Gasteiger partial charge in [-0.3, -0.25) is 4.79 Å². The molecule has 0 aliphatic carbocycles. The Morgan fingerprint density at radius 1 is 0.969 bits per heavy atom. The molecule has 1 heterocycles. The van der Waals surface area contributed by atoms with Crippen molar-refractivity contribution in [3.63, 3.8) is 0 Å². The van der Waals surface area contributed by atoms with Crippen molar-refractivity contribution in [2.75, 3.05) is 19.3 Å². The summed E-state index contributed by atoms with van der Waals surface area (Å²) in [5.74, 6) is -0.0775. The van der Waals surface area contributed by atoms with Crippen LogP contribution in [0.1, 0.15) is 71.3 Å². The summed E-state index contributed by atoms with van der Waals surface area (Å²) in [6.45, 7) is 9.39. The summed E-state index contributed by atoms with van der Waals surface area (Å²) in [5, 5.41) is 0. The van der Waals surface area contributed by atoms with Crippen molar-refractivity contribution in [1.29, 1.82) is 0 Å². The number of hydrogen-bond acceptors (Lipinski definition) is 4. The Morgan fingerprint density at radius 3 is 2.22 bits per heavy atom. The summed E-state index contributed by atoms with van der Waals surface area (Å²) in [5.41, 5.74) is 4.80. The van der Waals surface area contributed by atoms with E-state index in [0.717, 1.165) is 60.4 Å². The number of nitrogens with zero attached hydrogens (tertiary/aromatic N) is 1. The van der Waals surface area contributed by atoms with Crippen LogP contribution in [-0.4, -0.2) is 38.6 Å². The highest BCUT2D eigenvalue weighted by molar-refractivity contribution is 7.98. The topological polar surface area (TPSA) is 66.5 Å². The molecule has 0 bridgehead atoms. The van der Waals surface area contributed by atoms with Gasteiger partial charge in [-0.05, 0) is 87.2 Å². The zero-order chi connectivity index (χ0) is 23.5. The molecule has 1 saturated heterocycles. The quantitative estimate of drug-likeness (QED) is 0.570. The van der Waals surface area contributed by atoms with Crippen LogP contribution in [0.2, 0.25) is 0 Å². The van der Waals surface area contributed by atoms with Crippen LogP contribution in [0.3, 0.4) is 0 Å². The van der Waals surface area contributed by atoms with E-state index in [4.69, 9.17) is 0 Å². The molecule has 1 aliphatic heterocycles. The zero-order valence-corrected chi connectivity index (χ0v) is 21.3. The molecule has 1 amide bonds. The summed E-state index contributed by atoms with van der Waals surface area (Å²) in [7, 11) is -3.80. The van der Waals surface area contributed by atoms with Gasteiger partial charge in [0.2, 0.25) is 10.0 Å². The fourth-order valence-electron chi connectivity index (χ4n) is 4.28. The van der Waals surface area contributed by atoms with Gasteiger partial charge in [-0.25, -0.2) is 13.1 Å². The van der Waals surface area contributed by atoms with Gasteiger partial charge in [0.05, 0.1) is 10.5 Å². The lowest BCUT2D eigenvalue weighted by Gasteiger charge is -2.22. The van der Waals surface area contributed by atoms with E-state index in [2.05, 4.69) is 17.7 Å². The molecule has 1 N–H and O–H groups in total. The smallest absolute Gasteiger partial charge is 0.255 e. The third kappa shape index (κ3) is 5.56. The lowest BCUT2D eigenvalue weighted by atomic mass is 9.97. The predicted octanol–water partition coefficient (Wildman–Crippen LogP) is 5.39. The van der Waals surface area contributed by atoms with Crippen LogP contribution in [-0.2, 0) is 10.0 Å². The van der Waals surface area contributed by atoms with Crippen LogP contribution in [0.25, 0.3) is 0 Å². The molecule has 0 aromatic heterocycles. The van der Waals surface area contributed by atoms with Crippen LogP contribution < -0.4 is 4.72 Å². The second-order valence-electron chi connectivity index (χ2n) is 8.70. The molecular formula is C25H34N2O3S2. The minimum absolute atomic E-state index is 0.0775. The van der Waals surface area contributed by atoms with E-state index in [-0.39, 0.29) is 16.8 Å². The van der Waals surface area contributed by atoms with Crippen molar-refractivity contribution in [2.24, 2.45) is 0 Å². The molecule has 1 fully saturated rings. The number of hydrogen-bond donors (Lipinski definition) is 1. The largest absolute Gasteiger partial charge is 0.339 e. The Labute approximate surface area is 197 Å². The van der Waals surface area contributed by atoms with Gasteiger partial charge in [0.1, 0.15) is 0 Å². The van der Waals surface area contributed by atoms with E-state index in [1.807, 2.05) is 38.0 Å². The maximum atomic E-state index is 13.3. The van der Waals surface area contributed by atoms with Gasteiger partial charge in [0.15, 0.2) is 0 Å². The first-order valence-electron chi connectivity index (χ1n) is 11.2. The van der Waals surface area contributed by atoms with Crippen molar-refractivity contribution >= 4 is 27.7 Å². The summed E-state index contributed by atoms with van der Waals surface area (Å²) >= 11 is 1.47. The number of carbonyl (C=O) groups excluding carboxylic acids is 1. The third-order valence-electron chi connectivity index (χ3n) is 6.29. The number of likely N-dealkylation sites (tertiary alicyclic amines) is 1. The number of thioether (sulfide) groups is 1. The number of amides is 1. The average molecular weight is 475 g/mol. The van der Waals surface area contributed by atoms with E-state index in [0.29, 0.717) is 5.56 Å². The molecule has 1 atom stereocenters. The highest BCUT2D eigenvalue weighted by atomic mass is 32.2. The molecule has 1 aliphatic rings. The van der Waals surface area contributed by atoms with Gasteiger partial charge in [-0.1, -0.05) is 25.0 Å². The highest BCUT2D eigenvalue weighted by Gasteiger charge is 2.25. The number of carbonyl (C=O) groups is 1. The molecule has 0 unspecified atom stereocenters. The molecule has 0 saturated carbocycles. The number of rotatable bonds is 6. The van der Waals surface area contributed by atoms with Crippen LogP contribution in [0.15, 0.2) is 40.1 Å². The van der Waals surface area contributed by atoms with Gasteiger partial charge in [-0.15, -0.1) is 11.8 Å². The van der Waals surface area contributed by atoms with Crippen molar-refractivity contribution in [1.82, 2.24) is 9.62 Å². The fraction of sp³-hybridized carbons (Fsp3) is 0.480. The van der Waals surface area contributed by atoms with Gasteiger partial charge in [-0.2, -0.15) is 0 Å². The maximum Gasteiger partial charge on any atom is 0.255 e. The molecule has 3 rings (SSSR count). The Balaban J connectivity index is 1.90. The van der Waals surface area contributed by atoms with E-state index in [9.17, 15) is 13.2 Å². The molecule has 7 heteroatoms. The van der Waals surface area contributed by atoms with Crippen molar-refractivity contribution in [3.05, 3.63) is 58.1 Å². The summed E-state index contributed by atoms with van der Waals surface area (Å²) in [6.07, 6.45) is 6.16. The first kappa shape index (κ1) is 24.8. The van der Waals surface area contributed by atoms with Crippen molar-refractivity contribution in [3.8, 4) is 0 Å². The number of benzene rings is 2. The number of sulfonamides is 1. The zero-order valence-electron chi connectivity index (χ0n) is 19.7. The lowest BCUT2D eigenvalue weighted by molar-refractivity contribution is 0.0758. The van der Waals surface area contributed by atoms with Crippen LogP contribution in [0.5, 0.6) is 0 Å². The number of aryl methyl sites for hydroxylation is 3. The predicted molar refractivity (Wildman–Crippen MR) is 132 cm³/mol. The second-order valence-corrected chi connectivity index (χ2v) is 11.3. The summed E-state index contributed by atoms with van der Waals surface area (Å²) < 4.78 is 29.3. The molecule has 0 radical (unpaired) electrons. The van der Waals surface area contributed by atoms with Crippen molar-refractivity contribution in [2.45, 2.75) is 69.2 Å². The Kier molecular flexibility index (Phi) is 8.06. The SMILES string of the molecule is CSc1ccc(S(=O)(=O)N[C@H](C)c2cc(C)c(C)cc2C)cc1C(=O)N1CCCCCC1. The maximum absolute atomic E-state index is 13.3. The van der Waals surface area contributed by atoms with Gasteiger partial charge >= 0.3 is 0 Å². The first-order valence-corrected chi connectivity index (χ1v) is 13.9. The van der Waals surface area contributed by atoms with Crippen molar-refractivity contribution < 1.29 is 13.2 Å². The Hall–Kier alpha value is -1.83. The molecule has 32 heavy (non-hydrogen) atoms. The van der Waals surface area contributed by atoms with Crippen LogP contribution in [0.4, 0.5) is 0 Å². The normalized spacial score (nSPS) is 16.0. The van der Waals surface area contributed by atoms with Gasteiger partial charge in [0.25, 0.3) is 5.91 Å². The standard InChI is InChI=1S/C25H34N2O3S2/c1-17-14-19(3)22(15-18(17)2)20(4)26-32(29,30)21-10-11-24(31-5)23(16-21)25(28)27-12-8-6-7-9-13-27/h10-11,14-16,20,26H,6-9,12-13H2,1-5H3/t20-/m1/s1. The molecule has 2 aromatic carbocycles. The first-order chi connectivity index (χ1) is 15.1. The minimum atomic E-state index is -3.80. The van der Waals surface area contributed by atoms with E-state index in [1.54, 1.807) is 18.2 Å². The fourth-order valence-corrected chi connectivity index (χ4v) is 6.10. The second kappa shape index (κ2) is 10.4. The third-order valence-corrected chi connectivity index (χ3v) is 8.62. The highest BCUT2D eigenvalue weighted by Crippen LogP contribution is 2.28. The number of nitrogens with one attached hydrogen (secondary N) is 1. The minimum Gasteiger partial charge on any atom is -0.339 e. The molecule has 0 spiro atoms. The van der Waals surface area contributed by atoms with E-state index in [1.165, 1.54) is 17.3 Å². The Morgan fingerprint density at radius 2 is 1.59 bits per heavy atom. The van der Waals surface area contributed by atoms with Gasteiger partial charge in [0, 0.05) is 24.0 Å². The van der Waals surface area contributed by atoms with Crippen LogP contribution >= 0.6 is 11.8 Å². The molecular weight excluding hydrogens is 440 g/mol. The molecule has 174 valence electrons. The van der Waals surface area contributed by atoms with Crippen LogP contribution in [0, 0.1) is 20.8 Å². The lowest BCUT2D eigenvalue weighted by Crippen LogP contribution is -2.32. The monoisotopic (exact) mass is 474 g/mol. The van der Waals surface area contributed by atoms with E-state index >= 15 is 0 Å². The summed E-state index contributed by atoms with van der Waals surface area (Å²) in [6, 6.07) is 8.62. The molecule has 5 nitrogen and oxygen atoms in total. The van der Waals surface area contributed by atoms with Gasteiger partial charge < -0.3 is 4.90 Å². The molecule has 2 aromatic rings.